The predicted molar refractivity (Wildman–Crippen MR) is 216 cm³/mol. The quantitative estimate of drug-likeness (QED) is 0.169. The van der Waals surface area contributed by atoms with Gasteiger partial charge in [0, 0.05) is 16.3 Å². The van der Waals surface area contributed by atoms with Gasteiger partial charge in [-0.05, 0) is 105 Å². The van der Waals surface area contributed by atoms with Crippen LogP contribution in [0.2, 0.25) is 0 Å². The molecule has 0 N–H and O–H groups in total. The third-order valence-electron chi connectivity index (χ3n) is 9.37. The van der Waals surface area contributed by atoms with Gasteiger partial charge in [-0.1, -0.05) is 133 Å². The lowest BCUT2D eigenvalue weighted by molar-refractivity contribution is 0.411. The molecule has 8 rings (SSSR count). The van der Waals surface area contributed by atoms with Gasteiger partial charge in [0.15, 0.2) is 0 Å². The van der Waals surface area contributed by atoms with E-state index in [1.165, 1.54) is 12.1 Å². The van der Waals surface area contributed by atoms with E-state index in [9.17, 15) is 2.74 Å². The smallest absolute Gasteiger partial charge is 0.149 e. The van der Waals surface area contributed by atoms with Crippen LogP contribution < -0.4 is 0 Å². The molecule has 0 aliphatic heterocycles. The molecule has 0 radical (unpaired) electrons. The van der Waals surface area contributed by atoms with E-state index in [4.69, 9.17) is 14.9 Å². The monoisotopic (exact) mass is 672 g/mol. The van der Waals surface area contributed by atoms with Crippen molar-refractivity contribution in [2.75, 3.05) is 0 Å². The minimum Gasteiger partial charge on any atom is -0.455 e. The molecule has 254 valence electrons. The van der Waals surface area contributed by atoms with Gasteiger partial charge in [-0.15, -0.1) is 0 Å². The van der Waals surface area contributed by atoms with Crippen LogP contribution in [0.3, 0.4) is 0 Å². The Morgan fingerprint density at radius 1 is 0.706 bits per heavy atom. The molecule has 0 fully saturated rings. The molecule has 0 atom stereocenters. The Labute approximate surface area is 310 Å². The Balaban J connectivity index is 1.41. The molecule has 0 unspecified atom stereocenters. The van der Waals surface area contributed by atoms with Gasteiger partial charge < -0.3 is 4.42 Å². The summed E-state index contributed by atoms with van der Waals surface area (Å²) in [7, 11) is 0. The molecule has 0 spiro atoms. The second kappa shape index (κ2) is 12.7. The number of hydrogen-bond acceptors (Lipinski definition) is 2. The third kappa shape index (κ3) is 6.05. The summed E-state index contributed by atoms with van der Waals surface area (Å²) in [6.45, 7) is 12.7. The van der Waals surface area contributed by atoms with Crippen molar-refractivity contribution >= 4 is 33.0 Å². The first-order chi connectivity index (χ1) is 26.8. The number of fused-ring (bicyclic) bond motifs is 4. The van der Waals surface area contributed by atoms with E-state index in [1.54, 1.807) is 0 Å². The van der Waals surface area contributed by atoms with Crippen LogP contribution in [-0.4, -0.2) is 9.55 Å². The number of aromatic nitrogens is 2. The maximum Gasteiger partial charge on any atom is 0.149 e. The molecule has 6 aromatic carbocycles. The minimum atomic E-state index is -1.78. The third-order valence-corrected chi connectivity index (χ3v) is 9.37. The molecule has 0 aliphatic rings. The molecule has 0 bridgehead atoms. The van der Waals surface area contributed by atoms with Gasteiger partial charge in [0.2, 0.25) is 0 Å². The van der Waals surface area contributed by atoms with Crippen LogP contribution >= 0.6 is 0 Å². The van der Waals surface area contributed by atoms with E-state index >= 15 is 0 Å². The van der Waals surface area contributed by atoms with E-state index in [0.29, 0.717) is 39.3 Å². The first-order valence-corrected chi connectivity index (χ1v) is 17.6. The summed E-state index contributed by atoms with van der Waals surface area (Å²) in [5.74, 6) is -1.81. The fourth-order valence-corrected chi connectivity index (χ4v) is 7.05. The number of furan rings is 1. The Hall–Kier alpha value is -5.41. The number of rotatable bonds is 7. The van der Waals surface area contributed by atoms with Crippen LogP contribution in [0.5, 0.6) is 0 Å². The fourth-order valence-electron chi connectivity index (χ4n) is 7.05. The largest absolute Gasteiger partial charge is 0.455 e. The van der Waals surface area contributed by atoms with Gasteiger partial charge in [-0.25, -0.2) is 4.98 Å². The van der Waals surface area contributed by atoms with Crippen molar-refractivity contribution in [1.29, 1.82) is 0 Å². The maximum atomic E-state index is 9.59. The van der Waals surface area contributed by atoms with Gasteiger partial charge in [0.25, 0.3) is 0 Å². The molecule has 3 heteroatoms. The van der Waals surface area contributed by atoms with Gasteiger partial charge in [-0.2, -0.15) is 0 Å². The van der Waals surface area contributed by atoms with Gasteiger partial charge in [-0.3, -0.25) is 4.57 Å². The summed E-state index contributed by atoms with van der Waals surface area (Å²) in [6, 6.07) is 37.2. The predicted octanol–water partition coefficient (Wildman–Crippen LogP) is 13.8. The van der Waals surface area contributed by atoms with Crippen molar-refractivity contribution < 1.29 is 12.6 Å². The zero-order chi connectivity index (χ0) is 40.8. The molecule has 8 aromatic rings. The lowest BCUT2D eigenvalue weighted by Crippen LogP contribution is -2.10. The average molecular weight is 673 g/mol. The molecule has 51 heavy (non-hydrogen) atoms. The summed E-state index contributed by atoms with van der Waals surface area (Å²) in [5.41, 5.74) is 8.08. The maximum absolute atomic E-state index is 9.59. The van der Waals surface area contributed by atoms with Crippen molar-refractivity contribution in [3.8, 4) is 39.3 Å². The molecule has 2 aromatic heterocycles. The molecule has 3 nitrogen and oxygen atoms in total. The number of para-hydroxylation sites is 3. The number of hydrogen-bond donors (Lipinski definition) is 0. The molecule has 0 saturated carbocycles. The SMILES string of the molecule is [2H]c1cc(C([2H])([2H])C(C)(C)C)cc([2H])c1-c1cc(C([2H])(C)C)c(-n2c(-c3cccc4c3oc3cc(-c5ccccc5)ccc34)nc3ccccc32)c(C([2H])(C)C)c1. The first-order valence-electron chi connectivity index (χ1n) is 20.6. The first kappa shape index (κ1) is 26.4. The molecular formula is C48H46N2O. The Kier molecular flexibility index (Phi) is 6.59. The normalized spacial score (nSPS) is 14.6. The second-order valence-corrected chi connectivity index (χ2v) is 14.8. The summed E-state index contributed by atoms with van der Waals surface area (Å²) in [4.78, 5) is 5.24. The molecule has 2 heterocycles. The van der Waals surface area contributed by atoms with E-state index in [1.807, 2.05) is 115 Å². The molecular weight excluding hydrogens is 621 g/mol. The van der Waals surface area contributed by atoms with E-state index in [0.717, 1.165) is 44.1 Å². The van der Waals surface area contributed by atoms with Crippen LogP contribution in [0.15, 0.2) is 132 Å². The zero-order valence-corrected chi connectivity index (χ0v) is 30.3. The lowest BCUT2D eigenvalue weighted by Gasteiger charge is -2.24. The minimum absolute atomic E-state index is 0.0154. The standard InChI is InChI=1S/C48H46N2O/c1-30(2)40-26-36(34-22-20-32(21-23-34)29-48(5,6)7)27-41(31(3)4)45(40)50-43-19-12-11-18-42(43)49-47(50)39-17-13-16-38-37-25-24-35(28-44(37)51-46(38)39)33-14-9-8-10-15-33/h8-28,30-31H,29H2,1-7H3/i22D,23D,29D2,30D,31D. The van der Waals surface area contributed by atoms with Crippen LogP contribution in [0.4, 0.5) is 0 Å². The van der Waals surface area contributed by atoms with Crippen molar-refractivity contribution in [3.05, 3.63) is 144 Å². The number of benzene rings is 6. The van der Waals surface area contributed by atoms with Gasteiger partial charge >= 0.3 is 0 Å². The Bertz CT molecular complexity index is 2790. The van der Waals surface area contributed by atoms with Crippen molar-refractivity contribution in [3.63, 3.8) is 0 Å². The zero-order valence-electron chi connectivity index (χ0n) is 36.3. The highest BCUT2D eigenvalue weighted by Crippen LogP contribution is 2.43. The highest BCUT2D eigenvalue weighted by atomic mass is 16.3. The lowest BCUT2D eigenvalue weighted by atomic mass is 9.86. The van der Waals surface area contributed by atoms with Crippen LogP contribution in [0.25, 0.3) is 72.3 Å². The summed E-state index contributed by atoms with van der Waals surface area (Å²) >= 11 is 0. The average Bonchev–Trinajstić information content (AvgIpc) is 3.71. The highest BCUT2D eigenvalue weighted by molar-refractivity contribution is 6.10. The summed E-state index contributed by atoms with van der Waals surface area (Å²) in [6.07, 6.45) is -1.78. The van der Waals surface area contributed by atoms with Crippen molar-refractivity contribution in [2.45, 2.75) is 66.6 Å². The van der Waals surface area contributed by atoms with Crippen molar-refractivity contribution in [2.24, 2.45) is 5.41 Å². The molecule has 0 aliphatic carbocycles. The highest BCUT2D eigenvalue weighted by Gasteiger charge is 2.25. The Morgan fingerprint density at radius 3 is 2.08 bits per heavy atom. The van der Waals surface area contributed by atoms with E-state index < -0.39 is 23.6 Å². The van der Waals surface area contributed by atoms with Gasteiger partial charge in [0.05, 0.1) is 25.0 Å². The van der Waals surface area contributed by atoms with E-state index in [-0.39, 0.29) is 17.6 Å². The summed E-state index contributed by atoms with van der Waals surface area (Å²) < 4.78 is 64.0. The molecule has 0 saturated heterocycles. The topological polar surface area (TPSA) is 31.0 Å². The van der Waals surface area contributed by atoms with Crippen LogP contribution in [0.1, 0.15) is 85.2 Å². The van der Waals surface area contributed by atoms with Crippen LogP contribution in [-0.2, 0) is 6.37 Å². The Morgan fingerprint density at radius 2 is 1.39 bits per heavy atom. The fraction of sp³-hybridized carbons (Fsp3) is 0.229. The second-order valence-electron chi connectivity index (χ2n) is 14.8. The number of imidazole rings is 1. The van der Waals surface area contributed by atoms with Crippen LogP contribution in [0, 0.1) is 5.41 Å². The van der Waals surface area contributed by atoms with Gasteiger partial charge in [0.1, 0.15) is 17.0 Å². The van der Waals surface area contributed by atoms with Crippen molar-refractivity contribution in [1.82, 2.24) is 9.55 Å². The number of nitrogens with zero attached hydrogens (tertiary/aromatic N) is 2. The van der Waals surface area contributed by atoms with E-state index in [2.05, 4.69) is 41.0 Å². The molecule has 0 amide bonds. The summed E-state index contributed by atoms with van der Waals surface area (Å²) in [5, 5.41) is 1.93.